The molecule has 0 aliphatic heterocycles. The number of esters is 2. The van der Waals surface area contributed by atoms with Gasteiger partial charge in [0.15, 0.2) is 0 Å². The van der Waals surface area contributed by atoms with Crippen LogP contribution in [0.2, 0.25) is 0 Å². The number of rotatable bonds is 7. The molecule has 0 heterocycles. The zero-order valence-electron chi connectivity index (χ0n) is 22.1. The Morgan fingerprint density at radius 1 is 0.897 bits per heavy atom. The van der Waals surface area contributed by atoms with Crippen molar-refractivity contribution >= 4 is 35.1 Å². The average molecular weight is 539 g/mol. The van der Waals surface area contributed by atoms with Gasteiger partial charge in [-0.15, -0.1) is 0 Å². The van der Waals surface area contributed by atoms with Crippen LogP contribution in [0, 0.1) is 11.6 Å². The summed E-state index contributed by atoms with van der Waals surface area (Å²) in [7, 11) is 1.20. The number of halogens is 2. The monoisotopic (exact) mass is 538 g/mol. The Labute approximate surface area is 224 Å². The third kappa shape index (κ3) is 7.25. The highest BCUT2D eigenvalue weighted by Crippen LogP contribution is 2.30. The Morgan fingerprint density at radius 2 is 1.51 bits per heavy atom. The summed E-state index contributed by atoms with van der Waals surface area (Å²) < 4.78 is 39.2. The van der Waals surface area contributed by atoms with E-state index in [1.165, 1.54) is 38.3 Å². The Kier molecular flexibility index (Phi) is 8.80. The lowest BCUT2D eigenvalue weighted by molar-refractivity contribution is -0.152. The third-order valence-corrected chi connectivity index (χ3v) is 5.36. The van der Waals surface area contributed by atoms with E-state index in [1.54, 1.807) is 39.0 Å². The van der Waals surface area contributed by atoms with Gasteiger partial charge in [0, 0.05) is 12.6 Å². The van der Waals surface area contributed by atoms with Gasteiger partial charge in [-0.1, -0.05) is 24.3 Å². The smallest absolute Gasteiger partial charge is 0.339 e. The van der Waals surface area contributed by atoms with Crippen molar-refractivity contribution in [3.63, 3.8) is 0 Å². The summed E-state index contributed by atoms with van der Waals surface area (Å²) in [6.45, 7) is 5.63. The van der Waals surface area contributed by atoms with Crippen LogP contribution in [-0.2, 0) is 19.1 Å². The molecule has 3 aromatic carbocycles. The predicted octanol–water partition coefficient (Wildman–Crippen LogP) is 5.37. The number of nitrogens with zero attached hydrogens (tertiary/aromatic N) is 1. The van der Waals surface area contributed by atoms with Gasteiger partial charge in [0.25, 0.3) is 5.91 Å². The summed E-state index contributed by atoms with van der Waals surface area (Å²) in [4.78, 5) is 51.0. The molecule has 0 atom stereocenters. The maximum Gasteiger partial charge on any atom is 0.339 e. The van der Waals surface area contributed by atoms with Crippen LogP contribution in [0.4, 0.5) is 20.2 Å². The lowest BCUT2D eigenvalue weighted by Gasteiger charge is -2.26. The number of anilines is 2. The highest BCUT2D eigenvalue weighted by Gasteiger charge is 2.28. The van der Waals surface area contributed by atoms with E-state index >= 15 is 0 Å². The van der Waals surface area contributed by atoms with Gasteiger partial charge in [-0.2, -0.15) is 0 Å². The molecule has 0 bridgehead atoms. The van der Waals surface area contributed by atoms with Gasteiger partial charge in [0.2, 0.25) is 5.91 Å². The van der Waals surface area contributed by atoms with Gasteiger partial charge in [0.05, 0.1) is 18.4 Å². The van der Waals surface area contributed by atoms with Crippen molar-refractivity contribution in [3.05, 3.63) is 83.4 Å². The van der Waals surface area contributed by atoms with Crippen molar-refractivity contribution in [3.8, 4) is 11.1 Å². The predicted molar refractivity (Wildman–Crippen MR) is 141 cm³/mol. The van der Waals surface area contributed by atoms with Crippen molar-refractivity contribution in [2.75, 3.05) is 23.9 Å². The number of benzene rings is 3. The maximum atomic E-state index is 14.5. The van der Waals surface area contributed by atoms with Gasteiger partial charge < -0.3 is 14.8 Å². The number of ether oxygens (including phenoxy) is 2. The minimum Gasteiger partial charge on any atom is -0.465 e. The van der Waals surface area contributed by atoms with Crippen molar-refractivity contribution in [2.24, 2.45) is 0 Å². The first-order valence-corrected chi connectivity index (χ1v) is 11.9. The molecule has 3 aromatic rings. The molecule has 2 amide bonds. The van der Waals surface area contributed by atoms with Gasteiger partial charge in [-0.25, -0.2) is 13.6 Å². The number of carbonyl (C=O) groups excluding carboxylic acids is 4. The first-order valence-electron chi connectivity index (χ1n) is 11.9. The van der Waals surface area contributed by atoms with Crippen molar-refractivity contribution in [1.82, 2.24) is 0 Å². The molecular weight excluding hydrogens is 510 g/mol. The molecule has 0 aliphatic carbocycles. The average Bonchev–Trinajstić information content (AvgIpc) is 2.85. The second-order valence-corrected chi connectivity index (χ2v) is 9.56. The SMILES string of the molecule is COC(=O)c1cc(-c2cccc(N(CC(=O)OC(C)(C)C)C(=O)c3c(F)cccc3F)c2)ccc1NC(C)=O. The van der Waals surface area contributed by atoms with E-state index in [2.05, 4.69) is 5.32 Å². The minimum absolute atomic E-state index is 0.0886. The second-order valence-electron chi connectivity index (χ2n) is 9.56. The highest BCUT2D eigenvalue weighted by molar-refractivity contribution is 6.09. The molecule has 0 aromatic heterocycles. The lowest BCUT2D eigenvalue weighted by Crippen LogP contribution is -2.39. The molecule has 8 nitrogen and oxygen atoms in total. The van der Waals surface area contributed by atoms with E-state index in [-0.39, 0.29) is 22.8 Å². The number of amides is 2. The van der Waals surface area contributed by atoms with E-state index in [1.807, 2.05) is 0 Å². The molecule has 1 N–H and O–H groups in total. The first kappa shape index (κ1) is 29.0. The number of nitrogens with one attached hydrogen (secondary N) is 1. The van der Waals surface area contributed by atoms with Gasteiger partial charge in [-0.05, 0) is 68.3 Å². The lowest BCUT2D eigenvalue weighted by atomic mass is 10.0. The molecule has 0 radical (unpaired) electrons. The summed E-state index contributed by atoms with van der Waals surface area (Å²) in [5.41, 5.74) is -0.194. The van der Waals surface area contributed by atoms with Crippen LogP contribution in [-0.4, -0.2) is 43.0 Å². The summed E-state index contributed by atoms with van der Waals surface area (Å²) in [6.07, 6.45) is 0. The van der Waals surface area contributed by atoms with Crippen LogP contribution in [0.5, 0.6) is 0 Å². The molecule has 39 heavy (non-hydrogen) atoms. The quantitative estimate of drug-likeness (QED) is 0.406. The van der Waals surface area contributed by atoms with Crippen LogP contribution in [0.25, 0.3) is 11.1 Å². The number of carbonyl (C=O) groups is 4. The zero-order chi connectivity index (χ0) is 28.9. The van der Waals surface area contributed by atoms with E-state index in [0.717, 1.165) is 23.1 Å². The Bertz CT molecular complexity index is 1410. The largest absolute Gasteiger partial charge is 0.465 e. The summed E-state index contributed by atoms with van der Waals surface area (Å²) >= 11 is 0. The van der Waals surface area contributed by atoms with Crippen LogP contribution >= 0.6 is 0 Å². The van der Waals surface area contributed by atoms with Gasteiger partial charge >= 0.3 is 11.9 Å². The van der Waals surface area contributed by atoms with E-state index < -0.39 is 47.2 Å². The van der Waals surface area contributed by atoms with Crippen LogP contribution in [0.15, 0.2) is 60.7 Å². The van der Waals surface area contributed by atoms with Gasteiger partial charge in [-0.3, -0.25) is 19.3 Å². The fourth-order valence-corrected chi connectivity index (χ4v) is 3.77. The Morgan fingerprint density at radius 3 is 2.10 bits per heavy atom. The number of methoxy groups -OCH3 is 1. The Balaban J connectivity index is 2.10. The van der Waals surface area contributed by atoms with E-state index in [9.17, 15) is 28.0 Å². The first-order chi connectivity index (χ1) is 18.3. The van der Waals surface area contributed by atoms with Crippen LogP contribution in [0.1, 0.15) is 48.4 Å². The number of hydrogen-bond acceptors (Lipinski definition) is 6. The van der Waals surface area contributed by atoms with Crippen LogP contribution < -0.4 is 10.2 Å². The molecule has 0 saturated carbocycles. The summed E-state index contributed by atoms with van der Waals surface area (Å²) in [5.74, 6) is -5.10. The molecule has 0 unspecified atom stereocenters. The zero-order valence-corrected chi connectivity index (χ0v) is 22.1. The normalized spacial score (nSPS) is 10.9. The van der Waals surface area contributed by atoms with E-state index in [4.69, 9.17) is 9.47 Å². The molecule has 204 valence electrons. The molecule has 10 heteroatoms. The topological polar surface area (TPSA) is 102 Å². The molecule has 0 spiro atoms. The molecule has 0 saturated heterocycles. The molecule has 3 rings (SSSR count). The second kappa shape index (κ2) is 11.8. The minimum atomic E-state index is -1.08. The maximum absolute atomic E-state index is 14.5. The molecule has 0 fully saturated rings. The summed E-state index contributed by atoms with van der Waals surface area (Å²) in [5, 5.41) is 2.57. The van der Waals surface area contributed by atoms with E-state index in [0.29, 0.717) is 11.1 Å². The van der Waals surface area contributed by atoms with Crippen LogP contribution in [0.3, 0.4) is 0 Å². The standard InChI is InChI=1S/C29H28F2N2O6/c1-17(34)32-24-13-12-19(15-21(24)28(37)38-5)18-8-6-9-20(14-18)33(16-25(35)39-29(2,3)4)27(36)26-22(30)10-7-11-23(26)31/h6-15H,16H2,1-5H3,(H,32,34). The van der Waals surface area contributed by atoms with Crippen molar-refractivity contribution < 1.29 is 37.4 Å². The fraction of sp³-hybridized carbons (Fsp3) is 0.241. The summed E-state index contributed by atoms with van der Waals surface area (Å²) in [6, 6.07) is 14.0. The van der Waals surface area contributed by atoms with Crippen molar-refractivity contribution in [2.45, 2.75) is 33.3 Å². The Hall–Kier alpha value is -4.60. The number of hydrogen-bond donors (Lipinski definition) is 1. The van der Waals surface area contributed by atoms with Crippen molar-refractivity contribution in [1.29, 1.82) is 0 Å². The third-order valence-electron chi connectivity index (χ3n) is 5.36. The fourth-order valence-electron chi connectivity index (χ4n) is 3.77. The highest BCUT2D eigenvalue weighted by atomic mass is 19.1. The van der Waals surface area contributed by atoms with Gasteiger partial charge in [0.1, 0.15) is 29.3 Å². The molecular formula is C29H28F2N2O6. The molecule has 0 aliphatic rings.